The van der Waals surface area contributed by atoms with Crippen molar-refractivity contribution in [3.8, 4) is 11.6 Å². The van der Waals surface area contributed by atoms with E-state index < -0.39 is 5.82 Å². The summed E-state index contributed by atoms with van der Waals surface area (Å²) in [5.74, 6) is -0.190. The van der Waals surface area contributed by atoms with Crippen molar-refractivity contribution >= 4 is 11.6 Å². The van der Waals surface area contributed by atoms with E-state index in [1.807, 2.05) is 0 Å². The topological polar surface area (TPSA) is 68.5 Å². The van der Waals surface area contributed by atoms with Crippen LogP contribution in [0.15, 0.2) is 36.5 Å². The molecule has 0 spiro atoms. The predicted octanol–water partition coefficient (Wildman–Crippen LogP) is 2.30. The van der Waals surface area contributed by atoms with Gasteiger partial charge in [-0.1, -0.05) is 0 Å². The number of halogens is 1. The molecule has 20 heavy (non-hydrogen) atoms. The van der Waals surface area contributed by atoms with Crippen LogP contribution in [0.1, 0.15) is 10.4 Å². The van der Waals surface area contributed by atoms with E-state index in [2.05, 4.69) is 4.98 Å². The van der Waals surface area contributed by atoms with Crippen LogP contribution >= 0.6 is 0 Å². The summed E-state index contributed by atoms with van der Waals surface area (Å²) in [6, 6.07) is 6.94. The number of hydrogen-bond donors (Lipinski definition) is 1. The largest absolute Gasteiger partial charge is 0.437 e. The summed E-state index contributed by atoms with van der Waals surface area (Å²) in [5.41, 5.74) is 6.42. The number of carbonyl (C=O) groups is 1. The number of pyridine rings is 1. The first-order valence-corrected chi connectivity index (χ1v) is 5.88. The van der Waals surface area contributed by atoms with Gasteiger partial charge < -0.3 is 15.4 Å². The van der Waals surface area contributed by atoms with Gasteiger partial charge in [-0.15, -0.1) is 0 Å². The number of nitrogens with two attached hydrogens (primary N) is 1. The van der Waals surface area contributed by atoms with Gasteiger partial charge in [-0.2, -0.15) is 0 Å². The molecule has 0 saturated carbocycles. The van der Waals surface area contributed by atoms with Crippen LogP contribution in [0.3, 0.4) is 0 Å². The second-order valence-electron chi connectivity index (χ2n) is 4.37. The number of nitrogens with zero attached hydrogens (tertiary/aromatic N) is 2. The van der Waals surface area contributed by atoms with Crippen molar-refractivity contribution in [1.29, 1.82) is 0 Å². The first kappa shape index (κ1) is 13.8. The standard InChI is InChI=1S/C14H14FN3O2/c1-18(2)14(19)9-3-6-13(17-8-9)20-12-7-10(15)4-5-11(12)16/h3-8H,16H2,1-2H3. The van der Waals surface area contributed by atoms with Crippen LogP contribution in [0.5, 0.6) is 11.6 Å². The van der Waals surface area contributed by atoms with Gasteiger partial charge in [0.25, 0.3) is 5.91 Å². The van der Waals surface area contributed by atoms with E-state index in [4.69, 9.17) is 10.5 Å². The summed E-state index contributed by atoms with van der Waals surface area (Å²) < 4.78 is 18.5. The maximum Gasteiger partial charge on any atom is 0.254 e. The van der Waals surface area contributed by atoms with Gasteiger partial charge in [0.1, 0.15) is 5.82 Å². The van der Waals surface area contributed by atoms with Crippen molar-refractivity contribution < 1.29 is 13.9 Å². The van der Waals surface area contributed by atoms with E-state index in [-0.39, 0.29) is 17.5 Å². The minimum atomic E-state index is -0.450. The lowest BCUT2D eigenvalue weighted by molar-refractivity contribution is 0.0827. The maximum atomic E-state index is 13.1. The van der Waals surface area contributed by atoms with Gasteiger partial charge in [0, 0.05) is 32.4 Å². The molecular formula is C14H14FN3O2. The van der Waals surface area contributed by atoms with Crippen molar-refractivity contribution in [3.63, 3.8) is 0 Å². The number of rotatable bonds is 3. The normalized spacial score (nSPS) is 10.2. The fourth-order valence-corrected chi connectivity index (χ4v) is 1.53. The van der Waals surface area contributed by atoms with Crippen LogP contribution in [-0.2, 0) is 0 Å². The van der Waals surface area contributed by atoms with E-state index in [0.29, 0.717) is 11.3 Å². The second-order valence-corrected chi connectivity index (χ2v) is 4.37. The molecule has 1 heterocycles. The number of anilines is 1. The Morgan fingerprint density at radius 3 is 2.65 bits per heavy atom. The van der Waals surface area contributed by atoms with Crippen LogP contribution in [0.4, 0.5) is 10.1 Å². The fourth-order valence-electron chi connectivity index (χ4n) is 1.53. The minimum absolute atomic E-state index is 0.158. The number of hydrogen-bond acceptors (Lipinski definition) is 4. The molecule has 0 bridgehead atoms. The summed E-state index contributed by atoms with van der Waals surface area (Å²) in [7, 11) is 3.31. The molecule has 5 nitrogen and oxygen atoms in total. The van der Waals surface area contributed by atoms with E-state index in [0.717, 1.165) is 0 Å². The summed E-state index contributed by atoms with van der Waals surface area (Å²) in [6.07, 6.45) is 1.40. The SMILES string of the molecule is CN(C)C(=O)c1ccc(Oc2cc(F)ccc2N)nc1. The monoisotopic (exact) mass is 275 g/mol. The molecule has 6 heteroatoms. The van der Waals surface area contributed by atoms with Crippen LogP contribution in [0.2, 0.25) is 0 Å². The minimum Gasteiger partial charge on any atom is -0.437 e. The highest BCUT2D eigenvalue weighted by Gasteiger charge is 2.09. The van der Waals surface area contributed by atoms with E-state index >= 15 is 0 Å². The highest BCUT2D eigenvalue weighted by molar-refractivity contribution is 5.93. The molecule has 2 aromatic rings. The van der Waals surface area contributed by atoms with Crippen molar-refractivity contribution in [2.75, 3.05) is 19.8 Å². The van der Waals surface area contributed by atoms with E-state index in [1.54, 1.807) is 20.2 Å². The van der Waals surface area contributed by atoms with Gasteiger partial charge in [-0.25, -0.2) is 9.37 Å². The van der Waals surface area contributed by atoms with Gasteiger partial charge >= 0.3 is 0 Å². The Labute approximate surface area is 115 Å². The van der Waals surface area contributed by atoms with Crippen molar-refractivity contribution in [2.24, 2.45) is 0 Å². The summed E-state index contributed by atoms with van der Waals surface area (Å²) >= 11 is 0. The third kappa shape index (κ3) is 3.03. The van der Waals surface area contributed by atoms with Gasteiger partial charge in [0.15, 0.2) is 5.75 Å². The number of benzene rings is 1. The van der Waals surface area contributed by atoms with Gasteiger partial charge in [0.2, 0.25) is 5.88 Å². The van der Waals surface area contributed by atoms with Crippen LogP contribution in [-0.4, -0.2) is 29.9 Å². The lowest BCUT2D eigenvalue weighted by Gasteiger charge is -2.11. The Morgan fingerprint density at radius 1 is 1.30 bits per heavy atom. The quantitative estimate of drug-likeness (QED) is 0.873. The Morgan fingerprint density at radius 2 is 2.05 bits per heavy atom. The molecule has 1 aromatic carbocycles. The molecular weight excluding hydrogens is 261 g/mol. The Bertz CT molecular complexity index is 627. The Balaban J connectivity index is 2.19. The molecule has 0 radical (unpaired) electrons. The summed E-state index contributed by atoms with van der Waals surface area (Å²) in [6.45, 7) is 0. The van der Waals surface area contributed by atoms with Gasteiger partial charge in [0.05, 0.1) is 11.3 Å². The highest BCUT2D eigenvalue weighted by Crippen LogP contribution is 2.26. The summed E-state index contributed by atoms with van der Waals surface area (Å²) in [5, 5.41) is 0. The average molecular weight is 275 g/mol. The van der Waals surface area contributed by atoms with E-state index in [9.17, 15) is 9.18 Å². The molecule has 0 fully saturated rings. The zero-order valence-corrected chi connectivity index (χ0v) is 11.1. The molecule has 104 valence electrons. The van der Waals surface area contributed by atoms with Crippen LogP contribution < -0.4 is 10.5 Å². The van der Waals surface area contributed by atoms with Crippen LogP contribution in [0.25, 0.3) is 0 Å². The number of carbonyl (C=O) groups excluding carboxylic acids is 1. The molecule has 0 atom stereocenters. The average Bonchev–Trinajstić information content (AvgIpc) is 2.43. The zero-order chi connectivity index (χ0) is 14.7. The first-order valence-electron chi connectivity index (χ1n) is 5.88. The highest BCUT2D eigenvalue weighted by atomic mass is 19.1. The third-order valence-electron chi connectivity index (χ3n) is 2.58. The van der Waals surface area contributed by atoms with Gasteiger partial charge in [-0.3, -0.25) is 4.79 Å². The van der Waals surface area contributed by atoms with Gasteiger partial charge in [-0.05, 0) is 18.2 Å². The molecule has 0 aliphatic carbocycles. The molecule has 2 N–H and O–H groups in total. The second kappa shape index (κ2) is 5.56. The number of aromatic nitrogens is 1. The van der Waals surface area contributed by atoms with Crippen molar-refractivity contribution in [3.05, 3.63) is 47.9 Å². The predicted molar refractivity (Wildman–Crippen MR) is 73.1 cm³/mol. The van der Waals surface area contributed by atoms with Crippen molar-refractivity contribution in [2.45, 2.75) is 0 Å². The van der Waals surface area contributed by atoms with Crippen LogP contribution in [0, 0.1) is 5.82 Å². The fraction of sp³-hybridized carbons (Fsp3) is 0.143. The molecule has 0 aliphatic heterocycles. The molecule has 0 aliphatic rings. The van der Waals surface area contributed by atoms with E-state index in [1.165, 1.54) is 35.4 Å². The molecule has 0 unspecified atom stereocenters. The third-order valence-corrected chi connectivity index (χ3v) is 2.58. The first-order chi connectivity index (χ1) is 9.47. The smallest absolute Gasteiger partial charge is 0.254 e. The Kier molecular flexibility index (Phi) is 3.84. The summed E-state index contributed by atoms with van der Waals surface area (Å²) in [4.78, 5) is 17.1. The molecule has 2 rings (SSSR count). The molecule has 0 saturated heterocycles. The number of ether oxygens (including phenoxy) is 1. The number of amides is 1. The van der Waals surface area contributed by atoms with Crippen molar-refractivity contribution in [1.82, 2.24) is 9.88 Å². The Hall–Kier alpha value is -2.63. The maximum absolute atomic E-state index is 13.1. The lowest BCUT2D eigenvalue weighted by Crippen LogP contribution is -2.21. The molecule has 1 aromatic heterocycles. The number of nitrogen functional groups attached to an aromatic ring is 1. The molecule has 1 amide bonds. The zero-order valence-electron chi connectivity index (χ0n) is 11.1. The lowest BCUT2D eigenvalue weighted by atomic mass is 10.2.